The van der Waals surface area contributed by atoms with Gasteiger partial charge in [0.1, 0.15) is 10.8 Å². The summed E-state index contributed by atoms with van der Waals surface area (Å²) in [6.45, 7) is 0.750. The maximum Gasteiger partial charge on any atom is 0.573 e. The molecule has 3 aromatic rings. The lowest BCUT2D eigenvalue weighted by Gasteiger charge is -2.12. The first-order valence-electron chi connectivity index (χ1n) is 7.58. The number of hydrogen-bond donors (Lipinski definition) is 2. The van der Waals surface area contributed by atoms with E-state index in [2.05, 4.69) is 46.8 Å². The van der Waals surface area contributed by atoms with Crippen molar-refractivity contribution in [2.45, 2.75) is 23.7 Å². The molecule has 138 valence electrons. The Morgan fingerprint density at radius 3 is 2.85 bits per heavy atom. The van der Waals surface area contributed by atoms with Crippen LogP contribution in [-0.2, 0) is 6.42 Å². The SMILES string of the molecule is FC(F)(F)Oc1ccccc1Cc1nnc2sc(C3NNCC3Br)nn12. The monoisotopic (exact) mass is 448 g/mol. The van der Waals surface area contributed by atoms with Gasteiger partial charge in [0.15, 0.2) is 5.82 Å². The van der Waals surface area contributed by atoms with Crippen molar-refractivity contribution < 1.29 is 17.9 Å². The minimum Gasteiger partial charge on any atom is -0.405 e. The van der Waals surface area contributed by atoms with Crippen LogP contribution < -0.4 is 15.6 Å². The molecule has 0 saturated carbocycles. The van der Waals surface area contributed by atoms with Crippen molar-refractivity contribution in [3.8, 4) is 5.75 Å². The van der Waals surface area contributed by atoms with Gasteiger partial charge in [-0.2, -0.15) is 9.61 Å². The molecule has 2 aromatic heterocycles. The average molecular weight is 449 g/mol. The van der Waals surface area contributed by atoms with Crippen molar-refractivity contribution in [1.29, 1.82) is 0 Å². The zero-order valence-electron chi connectivity index (χ0n) is 13.0. The van der Waals surface area contributed by atoms with Gasteiger partial charge < -0.3 is 4.74 Å². The van der Waals surface area contributed by atoms with Crippen LogP contribution in [0.1, 0.15) is 22.4 Å². The van der Waals surface area contributed by atoms with Gasteiger partial charge in [-0.3, -0.25) is 5.43 Å². The van der Waals surface area contributed by atoms with E-state index in [0.717, 1.165) is 11.6 Å². The summed E-state index contributed by atoms with van der Waals surface area (Å²) in [5.41, 5.74) is 6.52. The molecule has 1 fully saturated rings. The summed E-state index contributed by atoms with van der Waals surface area (Å²) < 4.78 is 43.4. The van der Waals surface area contributed by atoms with Gasteiger partial charge in [-0.1, -0.05) is 45.5 Å². The molecule has 2 atom stereocenters. The highest BCUT2D eigenvalue weighted by molar-refractivity contribution is 9.09. The van der Waals surface area contributed by atoms with E-state index in [4.69, 9.17) is 0 Å². The van der Waals surface area contributed by atoms with Crippen molar-refractivity contribution in [1.82, 2.24) is 30.7 Å². The Labute approximate surface area is 157 Å². The van der Waals surface area contributed by atoms with Gasteiger partial charge in [0.25, 0.3) is 0 Å². The van der Waals surface area contributed by atoms with Crippen molar-refractivity contribution in [3.63, 3.8) is 0 Å². The molecule has 2 unspecified atom stereocenters. The Morgan fingerprint density at radius 2 is 2.12 bits per heavy atom. The van der Waals surface area contributed by atoms with Crippen LogP contribution in [0, 0.1) is 0 Å². The zero-order chi connectivity index (χ0) is 18.3. The lowest BCUT2D eigenvalue weighted by molar-refractivity contribution is -0.274. The number of ether oxygens (including phenoxy) is 1. The number of rotatable bonds is 4. The molecule has 4 rings (SSSR count). The van der Waals surface area contributed by atoms with Crippen molar-refractivity contribution in [2.24, 2.45) is 0 Å². The number of nitrogens with zero attached hydrogens (tertiary/aromatic N) is 4. The molecule has 12 heteroatoms. The molecular formula is C14H12BrF3N6OS. The summed E-state index contributed by atoms with van der Waals surface area (Å²) in [7, 11) is 0. The second-order valence-electron chi connectivity index (χ2n) is 5.60. The van der Waals surface area contributed by atoms with E-state index in [1.807, 2.05) is 0 Å². The third kappa shape index (κ3) is 3.54. The maximum absolute atomic E-state index is 12.6. The second kappa shape index (κ2) is 6.76. The number of fused-ring (bicyclic) bond motifs is 1. The van der Waals surface area contributed by atoms with E-state index in [-0.39, 0.29) is 23.0 Å². The van der Waals surface area contributed by atoms with Crippen LogP contribution in [0.3, 0.4) is 0 Å². The third-order valence-corrected chi connectivity index (χ3v) is 5.63. The van der Waals surface area contributed by atoms with Crippen molar-refractivity contribution in [3.05, 3.63) is 40.7 Å². The Bertz CT molecular complexity index is 929. The molecule has 0 aliphatic carbocycles. The number of hydrogen-bond acceptors (Lipinski definition) is 7. The van der Waals surface area contributed by atoms with Crippen LogP contribution in [0.15, 0.2) is 24.3 Å². The standard InChI is InChI=1S/C14H12BrF3N6OS/c15-8-6-19-21-11(8)12-23-24-10(20-22-13(24)26-12)5-7-3-1-2-4-9(7)25-14(16,17)18/h1-4,8,11,19,21H,5-6H2. The summed E-state index contributed by atoms with van der Waals surface area (Å²) in [6, 6.07) is 5.95. The van der Waals surface area contributed by atoms with Crippen LogP contribution in [-0.4, -0.2) is 37.5 Å². The van der Waals surface area contributed by atoms with Crippen LogP contribution in [0.2, 0.25) is 0 Å². The molecule has 1 aliphatic heterocycles. The largest absolute Gasteiger partial charge is 0.573 e. The molecule has 1 saturated heterocycles. The number of nitrogens with one attached hydrogen (secondary N) is 2. The highest BCUT2D eigenvalue weighted by Crippen LogP contribution is 2.30. The molecule has 2 N–H and O–H groups in total. The molecule has 0 radical (unpaired) electrons. The van der Waals surface area contributed by atoms with E-state index < -0.39 is 6.36 Å². The number of hydrazine groups is 1. The van der Waals surface area contributed by atoms with Crippen molar-refractivity contribution in [2.75, 3.05) is 6.54 Å². The van der Waals surface area contributed by atoms with E-state index >= 15 is 0 Å². The first-order chi connectivity index (χ1) is 12.4. The number of benzene rings is 1. The molecule has 1 aliphatic rings. The fourth-order valence-electron chi connectivity index (χ4n) is 2.64. The molecule has 0 bridgehead atoms. The molecule has 26 heavy (non-hydrogen) atoms. The minimum absolute atomic E-state index is 0.0181. The topological polar surface area (TPSA) is 76.4 Å². The van der Waals surface area contributed by atoms with Gasteiger partial charge in [0, 0.05) is 18.5 Å². The van der Waals surface area contributed by atoms with Crippen LogP contribution in [0.5, 0.6) is 5.75 Å². The van der Waals surface area contributed by atoms with Gasteiger partial charge in [0.05, 0.1) is 10.9 Å². The smallest absolute Gasteiger partial charge is 0.405 e. The summed E-state index contributed by atoms with van der Waals surface area (Å²) >= 11 is 4.95. The zero-order valence-corrected chi connectivity index (χ0v) is 15.4. The fourth-order valence-corrected chi connectivity index (χ4v) is 4.34. The number of para-hydroxylation sites is 1. The Kier molecular flexibility index (Phi) is 4.59. The average Bonchev–Trinajstić information content (AvgIpc) is 3.24. The van der Waals surface area contributed by atoms with Crippen LogP contribution >= 0.6 is 27.3 Å². The Hall–Kier alpha value is -1.76. The predicted octanol–water partition coefficient (Wildman–Crippen LogP) is 2.59. The van der Waals surface area contributed by atoms with E-state index in [9.17, 15) is 13.2 Å². The first-order valence-corrected chi connectivity index (χ1v) is 9.31. The normalized spacial score (nSPS) is 20.8. The lowest BCUT2D eigenvalue weighted by Crippen LogP contribution is -2.25. The third-order valence-electron chi connectivity index (χ3n) is 3.80. The molecule has 0 amide bonds. The van der Waals surface area contributed by atoms with Gasteiger partial charge in [-0.05, 0) is 6.07 Å². The molecular weight excluding hydrogens is 437 g/mol. The van der Waals surface area contributed by atoms with E-state index in [0.29, 0.717) is 16.3 Å². The lowest BCUT2D eigenvalue weighted by atomic mass is 10.1. The van der Waals surface area contributed by atoms with Gasteiger partial charge in [-0.15, -0.1) is 23.4 Å². The minimum atomic E-state index is -4.75. The molecule has 7 nitrogen and oxygen atoms in total. The maximum atomic E-state index is 12.6. The number of aromatic nitrogens is 4. The number of halogens is 4. The summed E-state index contributed by atoms with van der Waals surface area (Å²) in [4.78, 5) is 0.758. The molecule has 3 heterocycles. The van der Waals surface area contributed by atoms with E-state index in [1.165, 1.54) is 23.5 Å². The Balaban J connectivity index is 1.63. The summed E-state index contributed by atoms with van der Waals surface area (Å²) in [5.74, 6) is 0.187. The quantitative estimate of drug-likeness (QED) is 0.597. The Morgan fingerprint density at radius 1 is 1.31 bits per heavy atom. The van der Waals surface area contributed by atoms with E-state index in [1.54, 1.807) is 16.6 Å². The van der Waals surface area contributed by atoms with Crippen LogP contribution in [0.4, 0.5) is 13.2 Å². The summed E-state index contributed by atoms with van der Waals surface area (Å²) in [5, 5.41) is 13.5. The van der Waals surface area contributed by atoms with Gasteiger partial charge in [0.2, 0.25) is 4.96 Å². The molecule has 0 spiro atoms. The molecule has 1 aromatic carbocycles. The van der Waals surface area contributed by atoms with Crippen LogP contribution in [0.25, 0.3) is 4.96 Å². The van der Waals surface area contributed by atoms with Gasteiger partial charge >= 0.3 is 6.36 Å². The summed E-state index contributed by atoms with van der Waals surface area (Å²) in [6.07, 6.45) is -4.64. The highest BCUT2D eigenvalue weighted by atomic mass is 79.9. The second-order valence-corrected chi connectivity index (χ2v) is 7.77. The highest BCUT2D eigenvalue weighted by Gasteiger charge is 2.32. The fraction of sp³-hybridized carbons (Fsp3) is 0.357. The van der Waals surface area contributed by atoms with Gasteiger partial charge in [-0.25, -0.2) is 5.43 Å². The number of alkyl halides is 4. The first kappa shape index (κ1) is 17.6. The van der Waals surface area contributed by atoms with Crippen molar-refractivity contribution >= 4 is 32.2 Å². The predicted molar refractivity (Wildman–Crippen MR) is 91.2 cm³/mol.